The predicted molar refractivity (Wildman–Crippen MR) is 50.8 cm³/mol. The Bertz CT molecular complexity index is 462. The third kappa shape index (κ3) is 1.39. The predicted octanol–water partition coefficient (Wildman–Crippen LogP) is 2.02. The number of hydrogen-bond acceptors (Lipinski definition) is 2. The van der Waals surface area contributed by atoms with E-state index < -0.39 is 5.95 Å². The quantitative estimate of drug-likeness (QED) is 0.645. The first-order valence-corrected chi connectivity index (χ1v) is 4.32. The second-order valence-corrected chi connectivity index (χ2v) is 3.10. The zero-order valence-corrected chi connectivity index (χ0v) is 8.03. The van der Waals surface area contributed by atoms with Crippen LogP contribution < -0.4 is 0 Å². The lowest BCUT2D eigenvalue weighted by atomic mass is 10.3. The highest BCUT2D eigenvalue weighted by molar-refractivity contribution is 5.27. The molecule has 2 rings (SSSR count). The molecule has 0 fully saturated rings. The first-order chi connectivity index (χ1) is 6.68. The molecule has 0 aliphatic rings. The van der Waals surface area contributed by atoms with Gasteiger partial charge in [0.05, 0.1) is 5.69 Å². The van der Waals surface area contributed by atoms with E-state index in [1.807, 2.05) is 13.8 Å². The van der Waals surface area contributed by atoms with Crippen molar-refractivity contribution in [1.82, 2.24) is 14.5 Å². The van der Waals surface area contributed by atoms with Crippen molar-refractivity contribution in [2.45, 2.75) is 13.8 Å². The third-order valence-corrected chi connectivity index (χ3v) is 2.20. The number of imidazole rings is 1. The van der Waals surface area contributed by atoms with Crippen molar-refractivity contribution in [3.8, 4) is 5.82 Å². The summed E-state index contributed by atoms with van der Waals surface area (Å²) in [6.45, 7) is 3.83. The standard InChI is InChI=1S/C10H10FN3/c1-7-8(2)14(6-12-7)10-5-3-4-9(11)13-10/h3-6H,1-2H3. The van der Waals surface area contributed by atoms with E-state index >= 15 is 0 Å². The summed E-state index contributed by atoms with van der Waals surface area (Å²) in [6, 6.07) is 4.70. The van der Waals surface area contributed by atoms with Gasteiger partial charge in [-0.1, -0.05) is 6.07 Å². The van der Waals surface area contributed by atoms with Crippen LogP contribution in [-0.2, 0) is 0 Å². The van der Waals surface area contributed by atoms with Crippen molar-refractivity contribution in [1.29, 1.82) is 0 Å². The molecular formula is C10H10FN3. The molecule has 0 N–H and O–H groups in total. The summed E-state index contributed by atoms with van der Waals surface area (Å²) in [4.78, 5) is 7.90. The third-order valence-electron chi connectivity index (χ3n) is 2.20. The van der Waals surface area contributed by atoms with Gasteiger partial charge in [0, 0.05) is 5.69 Å². The largest absolute Gasteiger partial charge is 0.287 e. The lowest BCUT2D eigenvalue weighted by molar-refractivity contribution is 0.580. The van der Waals surface area contributed by atoms with E-state index in [1.54, 1.807) is 23.0 Å². The highest BCUT2D eigenvalue weighted by atomic mass is 19.1. The maximum atomic E-state index is 12.8. The molecule has 2 aromatic rings. The van der Waals surface area contributed by atoms with Gasteiger partial charge in [0.15, 0.2) is 0 Å². The van der Waals surface area contributed by atoms with Gasteiger partial charge in [-0.2, -0.15) is 4.39 Å². The van der Waals surface area contributed by atoms with Crippen LogP contribution in [0.5, 0.6) is 0 Å². The molecule has 0 aliphatic heterocycles. The zero-order chi connectivity index (χ0) is 10.1. The van der Waals surface area contributed by atoms with Crippen molar-refractivity contribution >= 4 is 0 Å². The van der Waals surface area contributed by atoms with Gasteiger partial charge in [0.25, 0.3) is 0 Å². The molecule has 0 saturated carbocycles. The summed E-state index contributed by atoms with van der Waals surface area (Å²) < 4.78 is 14.6. The topological polar surface area (TPSA) is 30.7 Å². The van der Waals surface area contributed by atoms with Crippen molar-refractivity contribution in [3.05, 3.63) is 41.9 Å². The van der Waals surface area contributed by atoms with E-state index in [9.17, 15) is 4.39 Å². The van der Waals surface area contributed by atoms with Gasteiger partial charge in [0.1, 0.15) is 12.1 Å². The van der Waals surface area contributed by atoms with Crippen LogP contribution in [-0.4, -0.2) is 14.5 Å². The molecule has 0 aliphatic carbocycles. The van der Waals surface area contributed by atoms with Crippen LogP contribution in [0.4, 0.5) is 4.39 Å². The zero-order valence-electron chi connectivity index (χ0n) is 8.03. The summed E-state index contributed by atoms with van der Waals surface area (Å²) in [7, 11) is 0. The first-order valence-electron chi connectivity index (χ1n) is 4.32. The van der Waals surface area contributed by atoms with E-state index in [0.29, 0.717) is 5.82 Å². The van der Waals surface area contributed by atoms with Gasteiger partial charge < -0.3 is 0 Å². The Morgan fingerprint density at radius 2 is 2.07 bits per heavy atom. The van der Waals surface area contributed by atoms with Gasteiger partial charge in [-0.25, -0.2) is 9.97 Å². The molecule has 72 valence electrons. The van der Waals surface area contributed by atoms with Crippen LogP contribution >= 0.6 is 0 Å². The fourth-order valence-electron chi connectivity index (χ4n) is 1.26. The van der Waals surface area contributed by atoms with Gasteiger partial charge >= 0.3 is 0 Å². The minimum absolute atomic E-state index is 0.478. The smallest absolute Gasteiger partial charge is 0.214 e. The van der Waals surface area contributed by atoms with Crippen LogP contribution in [0.25, 0.3) is 5.82 Å². The molecule has 0 radical (unpaired) electrons. The molecule has 0 atom stereocenters. The van der Waals surface area contributed by atoms with Gasteiger partial charge in [-0.05, 0) is 26.0 Å². The number of nitrogens with zero attached hydrogens (tertiary/aromatic N) is 3. The summed E-state index contributed by atoms with van der Waals surface area (Å²) in [5.41, 5.74) is 1.90. The van der Waals surface area contributed by atoms with Gasteiger partial charge in [-0.15, -0.1) is 0 Å². The van der Waals surface area contributed by atoms with Gasteiger partial charge in [0.2, 0.25) is 5.95 Å². The van der Waals surface area contributed by atoms with Crippen LogP contribution in [0, 0.1) is 19.8 Å². The molecule has 0 saturated heterocycles. The SMILES string of the molecule is Cc1ncn(-c2cccc(F)n2)c1C. The molecule has 0 aromatic carbocycles. The van der Waals surface area contributed by atoms with E-state index in [-0.39, 0.29) is 0 Å². The molecular weight excluding hydrogens is 181 g/mol. The number of hydrogen-bond donors (Lipinski definition) is 0. The summed E-state index contributed by atoms with van der Waals surface area (Å²) >= 11 is 0. The Balaban J connectivity index is 2.55. The first kappa shape index (κ1) is 8.87. The van der Waals surface area contributed by atoms with E-state index in [1.165, 1.54) is 6.07 Å². The molecule has 3 nitrogen and oxygen atoms in total. The molecule has 0 spiro atoms. The van der Waals surface area contributed by atoms with Crippen LogP contribution in [0.1, 0.15) is 11.4 Å². The Morgan fingerprint density at radius 1 is 1.29 bits per heavy atom. The van der Waals surface area contributed by atoms with Gasteiger partial charge in [-0.3, -0.25) is 4.57 Å². The van der Waals surface area contributed by atoms with E-state index in [0.717, 1.165) is 11.4 Å². The molecule has 2 heterocycles. The van der Waals surface area contributed by atoms with Crippen LogP contribution in [0.2, 0.25) is 0 Å². The minimum Gasteiger partial charge on any atom is -0.287 e. The monoisotopic (exact) mass is 191 g/mol. The molecule has 4 heteroatoms. The number of aromatic nitrogens is 3. The van der Waals surface area contributed by atoms with Crippen molar-refractivity contribution in [2.24, 2.45) is 0 Å². The Hall–Kier alpha value is -1.71. The maximum Gasteiger partial charge on any atom is 0.214 e. The van der Waals surface area contributed by atoms with Crippen molar-refractivity contribution in [3.63, 3.8) is 0 Å². The molecule has 14 heavy (non-hydrogen) atoms. The van der Waals surface area contributed by atoms with E-state index in [4.69, 9.17) is 0 Å². The highest BCUT2D eigenvalue weighted by Gasteiger charge is 2.05. The molecule has 0 bridgehead atoms. The normalized spacial score (nSPS) is 10.5. The average Bonchev–Trinajstić information content (AvgIpc) is 2.48. The second kappa shape index (κ2) is 3.21. The Kier molecular flexibility index (Phi) is 2.04. The molecule has 0 unspecified atom stereocenters. The number of aryl methyl sites for hydroxylation is 1. The molecule has 2 aromatic heterocycles. The highest BCUT2D eigenvalue weighted by Crippen LogP contribution is 2.11. The number of pyridine rings is 1. The van der Waals surface area contributed by atoms with Crippen molar-refractivity contribution < 1.29 is 4.39 Å². The lowest BCUT2D eigenvalue weighted by Gasteiger charge is -2.03. The summed E-state index contributed by atoms with van der Waals surface area (Å²) in [5.74, 6) is 0.0800. The lowest BCUT2D eigenvalue weighted by Crippen LogP contribution is -1.99. The Labute approximate surface area is 81.2 Å². The average molecular weight is 191 g/mol. The molecule has 0 amide bonds. The summed E-state index contributed by atoms with van der Waals surface area (Å²) in [5, 5.41) is 0. The number of rotatable bonds is 1. The number of halogens is 1. The second-order valence-electron chi connectivity index (χ2n) is 3.10. The van der Waals surface area contributed by atoms with E-state index in [2.05, 4.69) is 9.97 Å². The Morgan fingerprint density at radius 3 is 2.64 bits per heavy atom. The fraction of sp³-hybridized carbons (Fsp3) is 0.200. The maximum absolute atomic E-state index is 12.8. The minimum atomic E-state index is -0.478. The van der Waals surface area contributed by atoms with Crippen LogP contribution in [0.15, 0.2) is 24.5 Å². The van der Waals surface area contributed by atoms with Crippen LogP contribution in [0.3, 0.4) is 0 Å². The summed E-state index contributed by atoms with van der Waals surface area (Å²) in [6.07, 6.45) is 1.65. The fourth-order valence-corrected chi connectivity index (χ4v) is 1.26. The van der Waals surface area contributed by atoms with Crippen molar-refractivity contribution in [2.75, 3.05) is 0 Å².